The van der Waals surface area contributed by atoms with Gasteiger partial charge in [-0.2, -0.15) is 0 Å². The summed E-state index contributed by atoms with van der Waals surface area (Å²) in [7, 11) is 0. The molecule has 0 atom stereocenters. The minimum absolute atomic E-state index is 0.942. The highest BCUT2D eigenvalue weighted by molar-refractivity contribution is 5.78. The second kappa shape index (κ2) is 8.43. The van der Waals surface area contributed by atoms with Gasteiger partial charge in [0, 0.05) is 35.2 Å². The quantitative estimate of drug-likeness (QED) is 0.368. The molecule has 33 heavy (non-hydrogen) atoms. The maximum absolute atomic E-state index is 4.80. The second-order valence-corrected chi connectivity index (χ2v) is 8.57. The molecule has 3 aromatic rings. The number of H-pyrrole nitrogens is 2. The van der Waals surface area contributed by atoms with Gasteiger partial charge in [-0.1, -0.05) is 12.2 Å². The molecule has 0 aromatic carbocycles. The van der Waals surface area contributed by atoms with E-state index >= 15 is 0 Å². The minimum atomic E-state index is 0.942. The van der Waals surface area contributed by atoms with Crippen LogP contribution < -0.4 is 0 Å². The van der Waals surface area contributed by atoms with Gasteiger partial charge in [-0.25, -0.2) is 9.97 Å². The molecule has 6 heterocycles. The van der Waals surface area contributed by atoms with Crippen LogP contribution in [-0.4, -0.2) is 37.9 Å². The van der Waals surface area contributed by atoms with Crippen molar-refractivity contribution in [3.8, 4) is 0 Å². The number of nitrogens with zero attached hydrogens (tertiary/aromatic N) is 3. The molecule has 8 bridgehead atoms. The van der Waals surface area contributed by atoms with Crippen LogP contribution in [0.2, 0.25) is 0 Å². The van der Waals surface area contributed by atoms with Crippen molar-refractivity contribution < 1.29 is 0 Å². The number of aromatic nitrogens is 4. The first-order valence-corrected chi connectivity index (χ1v) is 11.4. The van der Waals surface area contributed by atoms with Crippen molar-refractivity contribution in [3.63, 3.8) is 0 Å². The van der Waals surface area contributed by atoms with Gasteiger partial charge in [-0.15, -0.1) is 0 Å². The van der Waals surface area contributed by atoms with Crippen molar-refractivity contribution in [3.05, 3.63) is 95.2 Å². The van der Waals surface area contributed by atoms with Crippen LogP contribution >= 0.6 is 0 Å². The van der Waals surface area contributed by atoms with E-state index in [0.717, 1.165) is 70.8 Å². The predicted molar refractivity (Wildman–Crippen MR) is 137 cm³/mol. The third-order valence-electron chi connectivity index (χ3n) is 6.03. The van der Waals surface area contributed by atoms with E-state index in [9.17, 15) is 0 Å². The van der Waals surface area contributed by atoms with Crippen LogP contribution in [0.4, 0.5) is 0 Å². The summed E-state index contributed by atoms with van der Waals surface area (Å²) in [4.78, 5) is 18.9. The van der Waals surface area contributed by atoms with Gasteiger partial charge in [-0.3, -0.25) is 0 Å². The standard InChI is InChI=1S/C28H25N5/c1-2-12-33(13-3-1)14-4-5-20-15-27-18-25-9-8-23(30-25)16-21-6-7-22(29-21)17-24-10-11-26(31-24)19-28(20)32-27/h1-3,6-12,15-19,29,32H,4-5,13-14H2. The summed E-state index contributed by atoms with van der Waals surface area (Å²) < 4.78 is 0. The van der Waals surface area contributed by atoms with Gasteiger partial charge in [0.2, 0.25) is 0 Å². The number of rotatable bonds is 4. The Balaban J connectivity index is 1.43. The van der Waals surface area contributed by atoms with Crippen molar-refractivity contribution >= 4 is 46.4 Å². The highest BCUT2D eigenvalue weighted by Gasteiger charge is 2.07. The molecule has 0 saturated carbocycles. The highest BCUT2D eigenvalue weighted by Crippen LogP contribution is 2.21. The van der Waals surface area contributed by atoms with E-state index in [1.807, 2.05) is 0 Å². The van der Waals surface area contributed by atoms with Crippen LogP contribution in [0.1, 0.15) is 34.8 Å². The largest absolute Gasteiger partial charge is 0.374 e. The Kier molecular flexibility index (Phi) is 5.00. The Morgan fingerprint density at radius 3 is 2.06 bits per heavy atom. The van der Waals surface area contributed by atoms with Crippen LogP contribution in [0.3, 0.4) is 0 Å². The van der Waals surface area contributed by atoms with Gasteiger partial charge in [0.25, 0.3) is 0 Å². The summed E-state index contributed by atoms with van der Waals surface area (Å²) in [5, 5.41) is 0. The molecular formula is C28H25N5. The third-order valence-corrected chi connectivity index (χ3v) is 6.03. The zero-order valence-electron chi connectivity index (χ0n) is 18.3. The number of hydrogen-bond donors (Lipinski definition) is 2. The van der Waals surface area contributed by atoms with Crippen molar-refractivity contribution in [2.75, 3.05) is 13.1 Å². The van der Waals surface area contributed by atoms with Crippen molar-refractivity contribution in [2.24, 2.45) is 0 Å². The van der Waals surface area contributed by atoms with E-state index in [2.05, 4.69) is 106 Å². The molecule has 5 nitrogen and oxygen atoms in total. The molecule has 0 saturated heterocycles. The zero-order chi connectivity index (χ0) is 22.0. The lowest BCUT2D eigenvalue weighted by atomic mass is 10.1. The molecule has 2 N–H and O–H groups in total. The summed E-state index contributed by atoms with van der Waals surface area (Å²) in [5.74, 6) is 0. The molecule has 0 radical (unpaired) electrons. The van der Waals surface area contributed by atoms with Gasteiger partial charge in [0.1, 0.15) is 0 Å². The Morgan fingerprint density at radius 2 is 1.39 bits per heavy atom. The average Bonchev–Trinajstić information content (AvgIpc) is 3.60. The Bertz CT molecular complexity index is 1480. The van der Waals surface area contributed by atoms with Gasteiger partial charge >= 0.3 is 0 Å². The van der Waals surface area contributed by atoms with E-state index < -0.39 is 0 Å². The number of nitrogens with one attached hydrogen (secondary N) is 2. The molecule has 0 aliphatic carbocycles. The van der Waals surface area contributed by atoms with Crippen molar-refractivity contribution in [2.45, 2.75) is 12.8 Å². The molecule has 0 amide bonds. The van der Waals surface area contributed by atoms with Crippen LogP contribution in [0.5, 0.6) is 0 Å². The molecule has 0 spiro atoms. The first-order valence-electron chi connectivity index (χ1n) is 11.4. The number of allylic oxidation sites excluding steroid dienone is 2. The Morgan fingerprint density at radius 1 is 0.727 bits per heavy atom. The summed E-state index contributed by atoms with van der Waals surface area (Å²) in [6.07, 6.45) is 18.9. The maximum atomic E-state index is 4.80. The van der Waals surface area contributed by atoms with Gasteiger partial charge in [-0.05, 0) is 97.4 Å². The van der Waals surface area contributed by atoms with Crippen molar-refractivity contribution in [1.82, 2.24) is 24.8 Å². The fourth-order valence-electron chi connectivity index (χ4n) is 4.43. The number of aromatic amines is 2. The number of hydrogen-bond acceptors (Lipinski definition) is 3. The molecular weight excluding hydrogens is 406 g/mol. The topological polar surface area (TPSA) is 60.6 Å². The zero-order valence-corrected chi connectivity index (χ0v) is 18.3. The van der Waals surface area contributed by atoms with E-state index in [4.69, 9.17) is 9.97 Å². The molecule has 5 heteroatoms. The van der Waals surface area contributed by atoms with E-state index in [0.29, 0.717) is 0 Å². The average molecular weight is 432 g/mol. The normalized spacial score (nSPS) is 14.4. The molecule has 162 valence electrons. The van der Waals surface area contributed by atoms with Gasteiger partial charge in [0.15, 0.2) is 0 Å². The summed E-state index contributed by atoms with van der Waals surface area (Å²) in [6, 6.07) is 14.8. The van der Waals surface area contributed by atoms with Crippen molar-refractivity contribution in [1.29, 1.82) is 0 Å². The molecule has 3 aliphatic heterocycles. The fraction of sp³-hybridized carbons (Fsp3) is 0.143. The van der Waals surface area contributed by atoms with Crippen LogP contribution in [0.25, 0.3) is 46.4 Å². The highest BCUT2D eigenvalue weighted by atomic mass is 15.1. The first kappa shape index (κ1) is 19.6. The SMILES string of the molecule is C1=CCN(CCCc2cc3cc4nc(cc5ccc(cc6nc(cc2[nH]3)C=C6)[nH]5)C=C4)C=C1. The van der Waals surface area contributed by atoms with Crippen LogP contribution in [0.15, 0.2) is 66.9 Å². The monoisotopic (exact) mass is 431 g/mol. The Hall–Kier alpha value is -4.12. The maximum Gasteiger partial charge on any atom is 0.0658 e. The number of fused-ring (bicyclic) bond motifs is 8. The molecule has 0 fully saturated rings. The van der Waals surface area contributed by atoms with E-state index in [-0.39, 0.29) is 0 Å². The Labute approximate surface area is 192 Å². The third kappa shape index (κ3) is 4.44. The smallest absolute Gasteiger partial charge is 0.0658 e. The first-order chi connectivity index (χ1) is 16.3. The summed E-state index contributed by atoms with van der Waals surface area (Å²) in [6.45, 7) is 2.03. The second-order valence-electron chi connectivity index (χ2n) is 8.57. The van der Waals surface area contributed by atoms with E-state index in [1.54, 1.807) is 0 Å². The molecule has 3 aromatic heterocycles. The van der Waals surface area contributed by atoms with Crippen LogP contribution in [0, 0.1) is 0 Å². The minimum Gasteiger partial charge on any atom is -0.374 e. The van der Waals surface area contributed by atoms with Gasteiger partial charge < -0.3 is 14.9 Å². The lowest BCUT2D eigenvalue weighted by Gasteiger charge is -2.20. The molecule has 6 rings (SSSR count). The molecule has 3 aliphatic rings. The number of aryl methyl sites for hydroxylation is 1. The molecule has 0 unspecified atom stereocenters. The van der Waals surface area contributed by atoms with E-state index in [1.165, 1.54) is 5.56 Å². The summed E-state index contributed by atoms with van der Waals surface area (Å²) >= 11 is 0. The lowest BCUT2D eigenvalue weighted by molar-refractivity contribution is 0.403. The summed E-state index contributed by atoms with van der Waals surface area (Å²) in [5.41, 5.74) is 9.34. The fourth-order valence-corrected chi connectivity index (χ4v) is 4.43. The van der Waals surface area contributed by atoms with Gasteiger partial charge in [0.05, 0.1) is 22.8 Å². The predicted octanol–water partition coefficient (Wildman–Crippen LogP) is 5.97. The van der Waals surface area contributed by atoms with Crippen LogP contribution in [-0.2, 0) is 6.42 Å². The lowest BCUT2D eigenvalue weighted by Crippen LogP contribution is -2.20.